The van der Waals surface area contributed by atoms with Gasteiger partial charge in [-0.2, -0.15) is 0 Å². The third-order valence-corrected chi connectivity index (χ3v) is 4.83. The molecular formula is C19H21ClN4O2. The molecule has 3 heterocycles. The molecule has 4 rings (SSSR count). The molecule has 0 bridgehead atoms. The molecule has 2 aromatic rings. The maximum Gasteiger partial charge on any atom is 0.256 e. The summed E-state index contributed by atoms with van der Waals surface area (Å²) in [6.45, 7) is 2.51. The summed E-state index contributed by atoms with van der Waals surface area (Å²) in [7, 11) is 0. The second-order valence-corrected chi connectivity index (χ2v) is 6.34. The van der Waals surface area contributed by atoms with Crippen LogP contribution in [0.25, 0.3) is 0 Å². The molecule has 1 saturated heterocycles. The van der Waals surface area contributed by atoms with Gasteiger partial charge < -0.3 is 15.5 Å². The van der Waals surface area contributed by atoms with Gasteiger partial charge in [-0.05, 0) is 30.2 Å². The first kappa shape index (κ1) is 18.4. The van der Waals surface area contributed by atoms with Crippen LogP contribution < -0.4 is 10.6 Å². The number of halogens is 1. The molecule has 1 amide bonds. The molecule has 0 aliphatic carbocycles. The summed E-state index contributed by atoms with van der Waals surface area (Å²) in [4.78, 5) is 31.8. The number of fused-ring (bicyclic) bond motifs is 1. The van der Waals surface area contributed by atoms with Crippen molar-refractivity contribution in [2.75, 3.05) is 31.5 Å². The minimum atomic E-state index is -0.511. The van der Waals surface area contributed by atoms with Gasteiger partial charge in [-0.25, -0.2) is 0 Å². The van der Waals surface area contributed by atoms with Crippen LogP contribution in [0, 0.1) is 0 Å². The van der Waals surface area contributed by atoms with Crippen LogP contribution >= 0.6 is 12.4 Å². The van der Waals surface area contributed by atoms with Gasteiger partial charge in [-0.1, -0.05) is 12.1 Å². The van der Waals surface area contributed by atoms with Crippen molar-refractivity contribution in [3.63, 3.8) is 0 Å². The topological polar surface area (TPSA) is 74.3 Å². The van der Waals surface area contributed by atoms with Gasteiger partial charge in [-0.3, -0.25) is 14.6 Å². The molecule has 136 valence electrons. The number of piperazine rings is 1. The van der Waals surface area contributed by atoms with E-state index in [9.17, 15) is 9.59 Å². The van der Waals surface area contributed by atoms with Crippen molar-refractivity contribution in [2.45, 2.75) is 12.5 Å². The molecule has 1 unspecified atom stereocenters. The van der Waals surface area contributed by atoms with Gasteiger partial charge in [-0.15, -0.1) is 12.4 Å². The van der Waals surface area contributed by atoms with Gasteiger partial charge in [0.05, 0.1) is 11.3 Å². The van der Waals surface area contributed by atoms with Crippen LogP contribution in [0.2, 0.25) is 0 Å². The minimum Gasteiger partial charge on any atom is -0.384 e. The summed E-state index contributed by atoms with van der Waals surface area (Å²) in [5, 5.41) is 6.53. The predicted molar refractivity (Wildman–Crippen MR) is 102 cm³/mol. The third kappa shape index (κ3) is 3.30. The molecule has 7 heteroatoms. The molecule has 0 spiro atoms. The third-order valence-electron chi connectivity index (χ3n) is 4.83. The van der Waals surface area contributed by atoms with E-state index in [1.165, 1.54) is 0 Å². The number of aromatic nitrogens is 1. The Hall–Kier alpha value is -2.44. The Balaban J connectivity index is 0.00000196. The average molecular weight is 373 g/mol. The Labute approximate surface area is 158 Å². The second kappa shape index (κ2) is 7.85. The van der Waals surface area contributed by atoms with Crippen LogP contribution in [0.3, 0.4) is 0 Å². The molecule has 1 fully saturated rings. The fraction of sp³-hybridized carbons (Fsp3) is 0.316. The van der Waals surface area contributed by atoms with E-state index in [0.29, 0.717) is 30.8 Å². The SMILES string of the molecule is Cl.O=C(c1cccnc1)C1CNCCN1C(=O)c1cccc2c1NCC2. The standard InChI is InChI=1S/C19H20N4O2.ClH/c24-18(14-4-2-7-20-11-14)16-12-21-9-10-23(16)19(25)15-5-1-3-13-6-8-22-17(13)15;/h1-5,7,11,16,21-22H,6,8-10,12H2;1H. The van der Waals surface area contributed by atoms with Crippen LogP contribution in [0.4, 0.5) is 5.69 Å². The van der Waals surface area contributed by atoms with Crippen LogP contribution in [-0.4, -0.2) is 53.8 Å². The number of para-hydroxylation sites is 1. The van der Waals surface area contributed by atoms with Crippen molar-refractivity contribution in [1.29, 1.82) is 0 Å². The monoisotopic (exact) mass is 372 g/mol. The van der Waals surface area contributed by atoms with Crippen molar-refractivity contribution in [2.24, 2.45) is 0 Å². The highest BCUT2D eigenvalue weighted by molar-refractivity contribution is 6.06. The van der Waals surface area contributed by atoms with Gasteiger partial charge in [0.25, 0.3) is 5.91 Å². The van der Waals surface area contributed by atoms with E-state index in [2.05, 4.69) is 15.6 Å². The van der Waals surface area contributed by atoms with Crippen LogP contribution in [0.15, 0.2) is 42.7 Å². The van der Waals surface area contributed by atoms with Gasteiger partial charge in [0, 0.05) is 44.1 Å². The van der Waals surface area contributed by atoms with Crippen molar-refractivity contribution in [3.05, 3.63) is 59.4 Å². The molecule has 1 aromatic carbocycles. The normalized spacial score (nSPS) is 18.5. The van der Waals surface area contributed by atoms with Gasteiger partial charge in [0.2, 0.25) is 0 Å². The van der Waals surface area contributed by atoms with Crippen LogP contribution in [0.1, 0.15) is 26.3 Å². The molecule has 2 aliphatic heterocycles. The molecule has 0 radical (unpaired) electrons. The van der Waals surface area contributed by atoms with E-state index in [1.54, 1.807) is 29.4 Å². The van der Waals surface area contributed by atoms with Crippen molar-refractivity contribution in [3.8, 4) is 0 Å². The number of anilines is 1. The molecular weight excluding hydrogens is 352 g/mol. The molecule has 0 saturated carbocycles. The Morgan fingerprint density at radius 1 is 1.15 bits per heavy atom. The van der Waals surface area contributed by atoms with E-state index in [-0.39, 0.29) is 24.1 Å². The largest absolute Gasteiger partial charge is 0.384 e. The molecule has 2 N–H and O–H groups in total. The lowest BCUT2D eigenvalue weighted by molar-refractivity contribution is 0.0570. The molecule has 2 aliphatic rings. The number of nitrogens with zero attached hydrogens (tertiary/aromatic N) is 2. The lowest BCUT2D eigenvalue weighted by atomic mass is 10.00. The summed E-state index contributed by atoms with van der Waals surface area (Å²) < 4.78 is 0. The fourth-order valence-corrected chi connectivity index (χ4v) is 3.55. The zero-order chi connectivity index (χ0) is 17.2. The van der Waals surface area contributed by atoms with Crippen LogP contribution in [-0.2, 0) is 6.42 Å². The number of Topliss-reactive ketones (excluding diaryl/α,β-unsaturated/α-hetero) is 1. The van der Waals surface area contributed by atoms with E-state index in [4.69, 9.17) is 0 Å². The van der Waals surface area contributed by atoms with Crippen LogP contribution in [0.5, 0.6) is 0 Å². The number of carbonyl (C=O) groups is 2. The number of benzene rings is 1. The lowest BCUT2D eigenvalue weighted by Gasteiger charge is -2.35. The van der Waals surface area contributed by atoms with Crippen molar-refractivity contribution in [1.82, 2.24) is 15.2 Å². The summed E-state index contributed by atoms with van der Waals surface area (Å²) in [6.07, 6.45) is 4.12. The highest BCUT2D eigenvalue weighted by atomic mass is 35.5. The Bertz CT molecular complexity index is 812. The Morgan fingerprint density at radius 2 is 2.04 bits per heavy atom. The van der Waals surface area contributed by atoms with Crippen molar-refractivity contribution < 1.29 is 9.59 Å². The van der Waals surface area contributed by atoms with Crippen molar-refractivity contribution >= 4 is 29.8 Å². The van der Waals surface area contributed by atoms with Gasteiger partial charge in [0.15, 0.2) is 5.78 Å². The maximum atomic E-state index is 13.2. The Kier molecular flexibility index (Phi) is 5.54. The number of hydrogen-bond acceptors (Lipinski definition) is 5. The van der Waals surface area contributed by atoms with E-state index >= 15 is 0 Å². The number of hydrogen-bond donors (Lipinski definition) is 2. The smallest absolute Gasteiger partial charge is 0.256 e. The van der Waals surface area contributed by atoms with E-state index in [1.807, 2.05) is 18.2 Å². The number of rotatable bonds is 3. The quantitative estimate of drug-likeness (QED) is 0.803. The average Bonchev–Trinajstić information content (AvgIpc) is 3.16. The Morgan fingerprint density at radius 3 is 2.85 bits per heavy atom. The summed E-state index contributed by atoms with van der Waals surface area (Å²) in [5.41, 5.74) is 3.26. The molecule has 6 nitrogen and oxygen atoms in total. The van der Waals surface area contributed by atoms with E-state index in [0.717, 1.165) is 24.2 Å². The zero-order valence-corrected chi connectivity index (χ0v) is 15.1. The van der Waals surface area contributed by atoms with Gasteiger partial charge >= 0.3 is 0 Å². The highest BCUT2D eigenvalue weighted by Crippen LogP contribution is 2.28. The summed E-state index contributed by atoms with van der Waals surface area (Å²) in [6, 6.07) is 8.77. The first-order valence-corrected chi connectivity index (χ1v) is 8.57. The number of pyridine rings is 1. The number of amides is 1. The fourth-order valence-electron chi connectivity index (χ4n) is 3.55. The number of ketones is 1. The zero-order valence-electron chi connectivity index (χ0n) is 14.3. The molecule has 26 heavy (non-hydrogen) atoms. The lowest BCUT2D eigenvalue weighted by Crippen LogP contribution is -2.57. The number of carbonyl (C=O) groups excluding carboxylic acids is 2. The first-order valence-electron chi connectivity index (χ1n) is 8.57. The number of nitrogens with one attached hydrogen (secondary N) is 2. The first-order chi connectivity index (χ1) is 12.3. The second-order valence-electron chi connectivity index (χ2n) is 6.34. The molecule has 1 atom stereocenters. The minimum absolute atomic E-state index is 0. The molecule has 1 aromatic heterocycles. The maximum absolute atomic E-state index is 13.2. The predicted octanol–water partition coefficient (Wildman–Crippen LogP) is 1.77. The highest BCUT2D eigenvalue weighted by Gasteiger charge is 2.34. The van der Waals surface area contributed by atoms with Gasteiger partial charge in [0.1, 0.15) is 6.04 Å². The van der Waals surface area contributed by atoms with E-state index < -0.39 is 6.04 Å². The summed E-state index contributed by atoms with van der Waals surface area (Å²) in [5.74, 6) is -0.163. The summed E-state index contributed by atoms with van der Waals surface area (Å²) >= 11 is 0.